The molecule has 0 spiro atoms. The van der Waals surface area contributed by atoms with Crippen LogP contribution in [-0.4, -0.2) is 9.97 Å². The van der Waals surface area contributed by atoms with Gasteiger partial charge in [0, 0.05) is 21.9 Å². The number of hydrogen-bond donors (Lipinski definition) is 0. The molecular weight excluding hydrogens is 725 g/mol. The van der Waals surface area contributed by atoms with Crippen molar-refractivity contribution in [3.8, 4) is 56.0 Å². The predicted molar refractivity (Wildman–Crippen MR) is 254 cm³/mol. The summed E-state index contributed by atoms with van der Waals surface area (Å²) in [6.45, 7) is 0. The zero-order valence-corrected chi connectivity index (χ0v) is 32.7. The van der Waals surface area contributed by atoms with E-state index in [1.807, 2.05) is 18.2 Å². The summed E-state index contributed by atoms with van der Waals surface area (Å²) in [5.74, 6) is 0.726. The second-order valence-electron chi connectivity index (χ2n) is 15.7. The standard InChI is InChI=1S/C58H36N2/c1-2-15-42(16-3-1)58-59-56(52-33-30-40-14-8-9-19-48(40)57(52)60-58)41-26-22-39(23-27-41)45-31-32-51-53(36-45)55(47-29-25-38-13-5-7-18-44(38)35-47)50-21-11-10-20-49(50)54(51)46-28-24-37-12-4-6-17-43(37)34-46/h1-36H. The zero-order valence-electron chi connectivity index (χ0n) is 32.7. The maximum Gasteiger partial charge on any atom is 0.160 e. The summed E-state index contributed by atoms with van der Waals surface area (Å²) >= 11 is 0. The first-order valence-corrected chi connectivity index (χ1v) is 20.6. The SMILES string of the molecule is c1ccc(-c2nc(-c3ccc(-c4ccc5c(-c6ccc7ccccc7c6)c6ccccc6c(-c6ccc7ccccc7c6)c5c4)cc3)c3ccc4ccccc4c3n2)cc1. The van der Waals surface area contributed by atoms with Crippen molar-refractivity contribution in [2.45, 2.75) is 0 Å². The molecule has 1 heterocycles. The predicted octanol–water partition coefficient (Wildman–Crippen LogP) is 15.7. The summed E-state index contributed by atoms with van der Waals surface area (Å²) in [7, 11) is 0. The molecular formula is C58H36N2. The molecule has 60 heavy (non-hydrogen) atoms. The van der Waals surface area contributed by atoms with Gasteiger partial charge in [0.2, 0.25) is 0 Å². The van der Waals surface area contributed by atoms with Crippen molar-refractivity contribution in [2.75, 3.05) is 0 Å². The summed E-state index contributed by atoms with van der Waals surface area (Å²) in [5.41, 5.74) is 11.2. The van der Waals surface area contributed by atoms with Gasteiger partial charge in [-0.05, 0) is 106 Å². The van der Waals surface area contributed by atoms with Crippen molar-refractivity contribution in [1.29, 1.82) is 0 Å². The van der Waals surface area contributed by atoms with E-state index in [9.17, 15) is 0 Å². The van der Waals surface area contributed by atoms with Crippen LogP contribution < -0.4 is 0 Å². The Morgan fingerprint density at radius 1 is 0.233 bits per heavy atom. The van der Waals surface area contributed by atoms with Gasteiger partial charge in [-0.15, -0.1) is 0 Å². The topological polar surface area (TPSA) is 25.8 Å². The van der Waals surface area contributed by atoms with Crippen molar-refractivity contribution >= 4 is 64.8 Å². The van der Waals surface area contributed by atoms with Gasteiger partial charge in [0.1, 0.15) is 0 Å². The Labute approximate surface area is 347 Å². The fourth-order valence-electron chi connectivity index (χ4n) is 9.29. The van der Waals surface area contributed by atoms with Gasteiger partial charge >= 0.3 is 0 Å². The third-order valence-corrected chi connectivity index (χ3v) is 12.2. The lowest BCUT2D eigenvalue weighted by molar-refractivity contribution is 1.23. The van der Waals surface area contributed by atoms with Gasteiger partial charge < -0.3 is 0 Å². The second-order valence-corrected chi connectivity index (χ2v) is 15.7. The highest BCUT2D eigenvalue weighted by Gasteiger charge is 2.19. The number of benzene rings is 11. The molecule has 11 aromatic carbocycles. The molecule has 12 rings (SSSR count). The van der Waals surface area contributed by atoms with E-state index in [1.54, 1.807) is 0 Å². The molecule has 0 amide bonds. The van der Waals surface area contributed by atoms with Crippen LogP contribution in [0.4, 0.5) is 0 Å². The Morgan fingerprint density at radius 3 is 1.37 bits per heavy atom. The number of aromatic nitrogens is 2. The molecule has 0 saturated carbocycles. The van der Waals surface area contributed by atoms with E-state index in [-0.39, 0.29) is 0 Å². The summed E-state index contributed by atoms with van der Waals surface area (Å²) in [6, 6.07) is 79.1. The van der Waals surface area contributed by atoms with E-state index in [0.29, 0.717) is 0 Å². The number of rotatable bonds is 5. The highest BCUT2D eigenvalue weighted by molar-refractivity contribution is 6.22. The maximum absolute atomic E-state index is 5.23. The van der Waals surface area contributed by atoms with Crippen LogP contribution in [-0.2, 0) is 0 Å². The van der Waals surface area contributed by atoms with Gasteiger partial charge in [0.05, 0.1) is 11.2 Å². The smallest absolute Gasteiger partial charge is 0.160 e. The molecule has 0 aliphatic carbocycles. The molecule has 0 radical (unpaired) electrons. The molecule has 0 aliphatic rings. The van der Waals surface area contributed by atoms with Crippen molar-refractivity contribution in [2.24, 2.45) is 0 Å². The van der Waals surface area contributed by atoms with Crippen LogP contribution >= 0.6 is 0 Å². The molecule has 0 unspecified atom stereocenters. The van der Waals surface area contributed by atoms with Crippen molar-refractivity contribution < 1.29 is 0 Å². The molecule has 2 heteroatoms. The van der Waals surface area contributed by atoms with E-state index in [1.165, 1.54) is 76.3 Å². The third-order valence-electron chi connectivity index (χ3n) is 12.2. The molecule has 0 fully saturated rings. The van der Waals surface area contributed by atoms with Crippen LogP contribution in [0, 0.1) is 0 Å². The van der Waals surface area contributed by atoms with E-state index < -0.39 is 0 Å². The number of hydrogen-bond acceptors (Lipinski definition) is 2. The Bertz CT molecular complexity index is 3640. The molecule has 0 aliphatic heterocycles. The van der Waals surface area contributed by atoms with Crippen molar-refractivity contribution in [1.82, 2.24) is 9.97 Å². The molecule has 1 aromatic heterocycles. The first-order valence-electron chi connectivity index (χ1n) is 20.6. The van der Waals surface area contributed by atoms with E-state index >= 15 is 0 Å². The van der Waals surface area contributed by atoms with Crippen LogP contribution in [0.1, 0.15) is 0 Å². The fourth-order valence-corrected chi connectivity index (χ4v) is 9.29. The molecule has 0 atom stereocenters. The first-order chi connectivity index (χ1) is 29.7. The summed E-state index contributed by atoms with van der Waals surface area (Å²) in [6.07, 6.45) is 0. The zero-order chi connectivity index (χ0) is 39.6. The second kappa shape index (κ2) is 13.9. The minimum Gasteiger partial charge on any atom is -0.227 e. The summed E-state index contributed by atoms with van der Waals surface area (Å²) < 4.78 is 0. The molecule has 2 nitrogen and oxygen atoms in total. The number of fused-ring (bicyclic) bond motifs is 7. The van der Waals surface area contributed by atoms with Gasteiger partial charge in [0.25, 0.3) is 0 Å². The highest BCUT2D eigenvalue weighted by atomic mass is 14.9. The van der Waals surface area contributed by atoms with Crippen LogP contribution in [0.15, 0.2) is 218 Å². The molecule has 12 aromatic rings. The van der Waals surface area contributed by atoms with Gasteiger partial charge in [-0.1, -0.05) is 194 Å². The molecule has 278 valence electrons. The van der Waals surface area contributed by atoms with Crippen LogP contribution in [0.25, 0.3) is 121 Å². The van der Waals surface area contributed by atoms with Crippen LogP contribution in [0.3, 0.4) is 0 Å². The average molecular weight is 761 g/mol. The van der Waals surface area contributed by atoms with Gasteiger partial charge in [-0.25, -0.2) is 9.97 Å². The van der Waals surface area contributed by atoms with Crippen LogP contribution in [0.2, 0.25) is 0 Å². The largest absolute Gasteiger partial charge is 0.227 e. The lowest BCUT2D eigenvalue weighted by Gasteiger charge is -2.19. The molecule has 0 bridgehead atoms. The van der Waals surface area contributed by atoms with Crippen LogP contribution in [0.5, 0.6) is 0 Å². The third kappa shape index (κ3) is 5.65. The monoisotopic (exact) mass is 760 g/mol. The quantitative estimate of drug-likeness (QED) is 0.129. The maximum atomic E-state index is 5.23. The Hall–Kier alpha value is -7.94. The van der Waals surface area contributed by atoms with Crippen molar-refractivity contribution in [3.63, 3.8) is 0 Å². The fraction of sp³-hybridized carbons (Fsp3) is 0. The highest BCUT2D eigenvalue weighted by Crippen LogP contribution is 2.46. The van der Waals surface area contributed by atoms with E-state index in [2.05, 4.69) is 200 Å². The lowest BCUT2D eigenvalue weighted by atomic mass is 9.84. The van der Waals surface area contributed by atoms with Crippen molar-refractivity contribution in [3.05, 3.63) is 218 Å². The Balaban J connectivity index is 1.06. The van der Waals surface area contributed by atoms with E-state index in [0.717, 1.165) is 44.5 Å². The first kappa shape index (κ1) is 34.1. The average Bonchev–Trinajstić information content (AvgIpc) is 3.32. The minimum absolute atomic E-state index is 0.726. The van der Waals surface area contributed by atoms with Gasteiger partial charge in [-0.3, -0.25) is 0 Å². The molecule has 0 saturated heterocycles. The van der Waals surface area contributed by atoms with Gasteiger partial charge in [-0.2, -0.15) is 0 Å². The molecule has 0 N–H and O–H groups in total. The Morgan fingerprint density at radius 2 is 0.700 bits per heavy atom. The van der Waals surface area contributed by atoms with E-state index in [4.69, 9.17) is 9.97 Å². The Kier molecular flexibility index (Phi) is 7.89. The summed E-state index contributed by atoms with van der Waals surface area (Å²) in [5, 5.41) is 13.3. The minimum atomic E-state index is 0.726. The lowest BCUT2D eigenvalue weighted by Crippen LogP contribution is -1.96. The normalized spacial score (nSPS) is 11.7. The number of nitrogens with zero attached hydrogens (tertiary/aromatic N) is 2. The summed E-state index contributed by atoms with van der Waals surface area (Å²) in [4.78, 5) is 10.4. The van der Waals surface area contributed by atoms with Gasteiger partial charge in [0.15, 0.2) is 5.82 Å².